The fourth-order valence-electron chi connectivity index (χ4n) is 1.29. The molecule has 0 saturated heterocycles. The van der Waals surface area contributed by atoms with Crippen LogP contribution < -0.4 is 0 Å². The SMILES string of the molecule is CC(=O)O[C@H](C)Cc1ccc(C(C)=O)s1. The van der Waals surface area contributed by atoms with E-state index < -0.39 is 0 Å². The zero-order valence-corrected chi connectivity index (χ0v) is 9.89. The minimum absolute atomic E-state index is 0.0754. The number of thiophene rings is 1. The Bertz CT molecular complexity index is 368. The van der Waals surface area contributed by atoms with Crippen molar-refractivity contribution in [1.82, 2.24) is 0 Å². The summed E-state index contributed by atoms with van der Waals surface area (Å²) in [7, 11) is 0. The number of esters is 1. The van der Waals surface area contributed by atoms with E-state index in [1.165, 1.54) is 18.3 Å². The Kier molecular flexibility index (Phi) is 4.03. The van der Waals surface area contributed by atoms with E-state index in [-0.39, 0.29) is 17.9 Å². The van der Waals surface area contributed by atoms with Gasteiger partial charge in [-0.15, -0.1) is 11.3 Å². The number of carbonyl (C=O) groups is 2. The van der Waals surface area contributed by atoms with Crippen LogP contribution in [0.15, 0.2) is 12.1 Å². The van der Waals surface area contributed by atoms with Crippen molar-refractivity contribution in [2.45, 2.75) is 33.3 Å². The molecule has 1 heterocycles. The predicted molar refractivity (Wildman–Crippen MR) is 59.3 cm³/mol. The fourth-order valence-corrected chi connectivity index (χ4v) is 2.30. The van der Waals surface area contributed by atoms with Crippen LogP contribution in [0.25, 0.3) is 0 Å². The van der Waals surface area contributed by atoms with Gasteiger partial charge in [-0.3, -0.25) is 9.59 Å². The second kappa shape index (κ2) is 5.07. The largest absolute Gasteiger partial charge is 0.462 e. The quantitative estimate of drug-likeness (QED) is 0.585. The van der Waals surface area contributed by atoms with Gasteiger partial charge in [0.2, 0.25) is 0 Å². The first-order chi connectivity index (χ1) is 6.99. The van der Waals surface area contributed by atoms with Crippen LogP contribution in [-0.2, 0) is 16.0 Å². The Hall–Kier alpha value is -1.16. The van der Waals surface area contributed by atoms with Crippen molar-refractivity contribution in [2.75, 3.05) is 0 Å². The Morgan fingerprint density at radius 1 is 1.40 bits per heavy atom. The van der Waals surface area contributed by atoms with Crippen LogP contribution in [-0.4, -0.2) is 17.9 Å². The topological polar surface area (TPSA) is 43.4 Å². The highest BCUT2D eigenvalue weighted by molar-refractivity contribution is 7.14. The molecule has 0 bridgehead atoms. The lowest BCUT2D eigenvalue weighted by atomic mass is 10.2. The molecular weight excluding hydrogens is 212 g/mol. The molecule has 0 unspecified atom stereocenters. The van der Waals surface area contributed by atoms with Gasteiger partial charge in [0.15, 0.2) is 5.78 Å². The summed E-state index contributed by atoms with van der Waals surface area (Å²) in [5.74, 6) is -0.197. The number of hydrogen-bond donors (Lipinski definition) is 0. The van der Waals surface area contributed by atoms with Crippen molar-refractivity contribution < 1.29 is 14.3 Å². The molecule has 0 aliphatic carbocycles. The minimum Gasteiger partial charge on any atom is -0.462 e. The monoisotopic (exact) mass is 226 g/mol. The van der Waals surface area contributed by atoms with Gasteiger partial charge in [0.05, 0.1) is 4.88 Å². The molecule has 0 aliphatic heterocycles. The maximum atomic E-state index is 11.0. The lowest BCUT2D eigenvalue weighted by molar-refractivity contribution is -0.145. The predicted octanol–water partition coefficient (Wildman–Crippen LogP) is 2.44. The van der Waals surface area contributed by atoms with Gasteiger partial charge in [-0.25, -0.2) is 0 Å². The highest BCUT2D eigenvalue weighted by Gasteiger charge is 2.10. The molecule has 1 aromatic heterocycles. The average Bonchev–Trinajstić information content (AvgIpc) is 2.50. The third kappa shape index (κ3) is 3.83. The van der Waals surface area contributed by atoms with Crippen LogP contribution in [0, 0.1) is 0 Å². The summed E-state index contributed by atoms with van der Waals surface area (Å²) in [5, 5.41) is 0. The summed E-state index contributed by atoms with van der Waals surface area (Å²) >= 11 is 1.46. The number of rotatable bonds is 4. The van der Waals surface area contributed by atoms with Crippen LogP contribution in [0.5, 0.6) is 0 Å². The van der Waals surface area contributed by atoms with Gasteiger partial charge in [-0.1, -0.05) is 0 Å². The van der Waals surface area contributed by atoms with Gasteiger partial charge in [0, 0.05) is 18.2 Å². The summed E-state index contributed by atoms with van der Waals surface area (Å²) < 4.78 is 5.01. The van der Waals surface area contributed by atoms with E-state index in [9.17, 15) is 9.59 Å². The molecule has 0 N–H and O–H groups in total. The fraction of sp³-hybridized carbons (Fsp3) is 0.455. The van der Waals surface area contributed by atoms with E-state index >= 15 is 0 Å². The highest BCUT2D eigenvalue weighted by Crippen LogP contribution is 2.19. The molecule has 0 fully saturated rings. The van der Waals surface area contributed by atoms with E-state index in [0.717, 1.165) is 9.75 Å². The second-order valence-electron chi connectivity index (χ2n) is 3.45. The Morgan fingerprint density at radius 3 is 2.53 bits per heavy atom. The van der Waals surface area contributed by atoms with E-state index in [1.54, 1.807) is 6.92 Å². The number of hydrogen-bond acceptors (Lipinski definition) is 4. The van der Waals surface area contributed by atoms with Crippen molar-refractivity contribution in [3.05, 3.63) is 21.9 Å². The number of ketones is 1. The summed E-state index contributed by atoms with van der Waals surface area (Å²) in [6.45, 7) is 4.78. The Morgan fingerprint density at radius 2 is 2.07 bits per heavy atom. The molecule has 0 aromatic carbocycles. The molecule has 0 aliphatic rings. The smallest absolute Gasteiger partial charge is 0.302 e. The van der Waals surface area contributed by atoms with Gasteiger partial charge < -0.3 is 4.74 Å². The molecular formula is C11H14O3S. The first-order valence-electron chi connectivity index (χ1n) is 4.76. The summed E-state index contributed by atoms with van der Waals surface area (Å²) in [4.78, 5) is 23.5. The van der Waals surface area contributed by atoms with Crippen molar-refractivity contribution in [3.8, 4) is 0 Å². The second-order valence-corrected chi connectivity index (χ2v) is 4.61. The van der Waals surface area contributed by atoms with Crippen molar-refractivity contribution >= 4 is 23.1 Å². The molecule has 4 heteroatoms. The minimum atomic E-state index is -0.272. The van der Waals surface area contributed by atoms with Gasteiger partial charge in [-0.05, 0) is 26.0 Å². The lowest BCUT2D eigenvalue weighted by Crippen LogP contribution is -2.14. The third-order valence-electron chi connectivity index (χ3n) is 1.86. The molecule has 3 nitrogen and oxygen atoms in total. The van der Waals surface area contributed by atoms with Crippen LogP contribution in [0.1, 0.15) is 35.3 Å². The highest BCUT2D eigenvalue weighted by atomic mass is 32.1. The molecule has 0 radical (unpaired) electrons. The summed E-state index contributed by atoms with van der Waals surface area (Å²) in [6.07, 6.45) is 0.526. The van der Waals surface area contributed by atoms with E-state index in [4.69, 9.17) is 4.74 Å². The number of ether oxygens (including phenoxy) is 1. The third-order valence-corrected chi connectivity index (χ3v) is 3.07. The van der Waals surface area contributed by atoms with E-state index in [2.05, 4.69) is 0 Å². The standard InChI is InChI=1S/C11H14O3S/c1-7(14-9(3)13)6-10-4-5-11(15-10)8(2)12/h4-5,7H,6H2,1-3H3/t7-/m1/s1. The van der Waals surface area contributed by atoms with E-state index in [1.807, 2.05) is 19.1 Å². The molecule has 1 atom stereocenters. The van der Waals surface area contributed by atoms with Crippen LogP contribution in [0.4, 0.5) is 0 Å². The molecule has 1 rings (SSSR count). The zero-order chi connectivity index (χ0) is 11.4. The Labute approximate surface area is 93.1 Å². The summed E-state index contributed by atoms with van der Waals surface area (Å²) in [6, 6.07) is 3.71. The normalized spacial score (nSPS) is 12.2. The van der Waals surface area contributed by atoms with E-state index in [0.29, 0.717) is 6.42 Å². The maximum Gasteiger partial charge on any atom is 0.302 e. The lowest BCUT2D eigenvalue weighted by Gasteiger charge is -2.09. The molecule has 15 heavy (non-hydrogen) atoms. The summed E-state index contributed by atoms with van der Waals surface area (Å²) in [5.41, 5.74) is 0. The zero-order valence-electron chi connectivity index (χ0n) is 9.07. The first-order valence-corrected chi connectivity index (χ1v) is 5.57. The van der Waals surface area contributed by atoms with Gasteiger partial charge in [0.25, 0.3) is 0 Å². The van der Waals surface area contributed by atoms with Gasteiger partial charge in [-0.2, -0.15) is 0 Å². The molecule has 1 aromatic rings. The Balaban J connectivity index is 2.57. The van der Waals surface area contributed by atoms with Crippen molar-refractivity contribution in [3.63, 3.8) is 0 Å². The number of carbonyl (C=O) groups excluding carboxylic acids is 2. The first kappa shape index (κ1) is 11.9. The van der Waals surface area contributed by atoms with Crippen LogP contribution in [0.2, 0.25) is 0 Å². The van der Waals surface area contributed by atoms with Crippen molar-refractivity contribution in [2.24, 2.45) is 0 Å². The van der Waals surface area contributed by atoms with Crippen LogP contribution >= 0.6 is 11.3 Å². The van der Waals surface area contributed by atoms with Crippen LogP contribution in [0.3, 0.4) is 0 Å². The average molecular weight is 226 g/mol. The van der Waals surface area contributed by atoms with Gasteiger partial charge >= 0.3 is 5.97 Å². The van der Waals surface area contributed by atoms with Gasteiger partial charge in [0.1, 0.15) is 6.10 Å². The van der Waals surface area contributed by atoms with Crippen molar-refractivity contribution in [1.29, 1.82) is 0 Å². The molecule has 0 saturated carbocycles. The molecule has 82 valence electrons. The maximum absolute atomic E-state index is 11.0. The molecule has 0 amide bonds. The molecule has 0 spiro atoms. The number of Topliss-reactive ketones (excluding diaryl/α,β-unsaturated/α-hetero) is 1.